The van der Waals surface area contributed by atoms with Gasteiger partial charge < -0.3 is 0 Å². The summed E-state index contributed by atoms with van der Waals surface area (Å²) in [5, 5.41) is 0. The van der Waals surface area contributed by atoms with Crippen molar-refractivity contribution >= 4 is 12.2 Å². The van der Waals surface area contributed by atoms with Crippen LogP contribution in [0.2, 0.25) is 0 Å². The fourth-order valence-corrected chi connectivity index (χ4v) is 1.83. The molecule has 0 spiro atoms. The molecule has 3 heteroatoms. The normalized spacial score (nSPS) is 25.5. The standard InChI is InChI=1S/C8H12N2O/c11-8-5-9-6-10(8)7-3-1-2-4-7/h6-7H,1-5H2. The SMILES string of the molecule is O=C1CN=CN1C1CCCC1. The van der Waals surface area contributed by atoms with Crippen LogP contribution in [-0.2, 0) is 4.79 Å². The zero-order valence-electron chi connectivity index (χ0n) is 6.49. The van der Waals surface area contributed by atoms with Gasteiger partial charge in [-0.25, -0.2) is 0 Å². The van der Waals surface area contributed by atoms with E-state index in [1.807, 2.05) is 4.90 Å². The molecule has 3 nitrogen and oxygen atoms in total. The molecule has 1 aliphatic heterocycles. The average molecular weight is 152 g/mol. The first-order valence-electron chi connectivity index (χ1n) is 4.19. The van der Waals surface area contributed by atoms with Gasteiger partial charge in [0.2, 0.25) is 5.91 Å². The van der Waals surface area contributed by atoms with Crippen molar-refractivity contribution in [3.8, 4) is 0 Å². The lowest BCUT2D eigenvalue weighted by molar-refractivity contribution is -0.126. The summed E-state index contributed by atoms with van der Waals surface area (Å²) in [6.07, 6.45) is 6.57. The number of carbonyl (C=O) groups excluding carboxylic acids is 1. The van der Waals surface area contributed by atoms with E-state index in [1.54, 1.807) is 6.34 Å². The van der Waals surface area contributed by atoms with E-state index < -0.39 is 0 Å². The number of aliphatic imine (C=N–C) groups is 1. The van der Waals surface area contributed by atoms with Crippen LogP contribution < -0.4 is 0 Å². The minimum atomic E-state index is 0.178. The van der Waals surface area contributed by atoms with Gasteiger partial charge in [0, 0.05) is 6.04 Å². The van der Waals surface area contributed by atoms with Crippen LogP contribution in [-0.4, -0.2) is 29.7 Å². The third-order valence-corrected chi connectivity index (χ3v) is 2.44. The number of hydrogen-bond acceptors (Lipinski definition) is 2. The first-order chi connectivity index (χ1) is 5.38. The highest BCUT2D eigenvalue weighted by Gasteiger charge is 2.27. The van der Waals surface area contributed by atoms with E-state index in [1.165, 1.54) is 12.8 Å². The molecule has 2 aliphatic rings. The van der Waals surface area contributed by atoms with E-state index in [9.17, 15) is 4.79 Å². The molecule has 0 radical (unpaired) electrons. The van der Waals surface area contributed by atoms with Crippen LogP contribution in [0.5, 0.6) is 0 Å². The van der Waals surface area contributed by atoms with E-state index in [4.69, 9.17) is 0 Å². The van der Waals surface area contributed by atoms with Crippen LogP contribution >= 0.6 is 0 Å². The van der Waals surface area contributed by atoms with Crippen molar-refractivity contribution in [3.05, 3.63) is 0 Å². The molecule has 0 aromatic carbocycles. The maximum absolute atomic E-state index is 11.2. The summed E-state index contributed by atoms with van der Waals surface area (Å²) in [6.45, 7) is 0.372. The van der Waals surface area contributed by atoms with Gasteiger partial charge in [-0.05, 0) is 12.8 Å². The molecule has 0 atom stereocenters. The first-order valence-corrected chi connectivity index (χ1v) is 4.19. The van der Waals surface area contributed by atoms with Crippen molar-refractivity contribution in [3.63, 3.8) is 0 Å². The van der Waals surface area contributed by atoms with Crippen LogP contribution in [0.15, 0.2) is 4.99 Å². The van der Waals surface area contributed by atoms with Gasteiger partial charge in [-0.1, -0.05) is 12.8 Å². The van der Waals surface area contributed by atoms with Crippen molar-refractivity contribution in [1.29, 1.82) is 0 Å². The second-order valence-electron chi connectivity index (χ2n) is 3.20. The van der Waals surface area contributed by atoms with E-state index in [0.717, 1.165) is 12.8 Å². The summed E-state index contributed by atoms with van der Waals surface area (Å²) in [5.41, 5.74) is 0. The second kappa shape index (κ2) is 2.64. The van der Waals surface area contributed by atoms with Crippen molar-refractivity contribution in [2.24, 2.45) is 4.99 Å². The molecular formula is C8H12N2O. The summed E-state index contributed by atoms with van der Waals surface area (Å²) in [6, 6.07) is 0.466. The van der Waals surface area contributed by atoms with Gasteiger partial charge in [0.05, 0.1) is 6.34 Å². The monoisotopic (exact) mass is 152 g/mol. The lowest BCUT2D eigenvalue weighted by atomic mass is 10.2. The van der Waals surface area contributed by atoms with Crippen LogP contribution in [0.3, 0.4) is 0 Å². The van der Waals surface area contributed by atoms with Crippen molar-refractivity contribution in [2.75, 3.05) is 6.54 Å². The van der Waals surface area contributed by atoms with E-state index >= 15 is 0 Å². The lowest BCUT2D eigenvalue weighted by Crippen LogP contribution is -2.34. The summed E-state index contributed by atoms with van der Waals surface area (Å²) in [7, 11) is 0. The molecule has 1 aliphatic carbocycles. The molecular weight excluding hydrogens is 140 g/mol. The summed E-state index contributed by atoms with van der Waals surface area (Å²) >= 11 is 0. The molecule has 0 aromatic heterocycles. The maximum Gasteiger partial charge on any atom is 0.249 e. The molecule has 2 rings (SSSR count). The Kier molecular flexibility index (Phi) is 1.64. The van der Waals surface area contributed by atoms with E-state index in [2.05, 4.69) is 4.99 Å². The molecule has 1 heterocycles. The summed E-state index contributed by atoms with van der Waals surface area (Å²) in [4.78, 5) is 16.9. The van der Waals surface area contributed by atoms with Gasteiger partial charge in [-0.15, -0.1) is 0 Å². The quantitative estimate of drug-likeness (QED) is 0.547. The minimum Gasteiger partial charge on any atom is -0.299 e. The Morgan fingerprint density at radius 1 is 1.45 bits per heavy atom. The van der Waals surface area contributed by atoms with Crippen molar-refractivity contribution in [1.82, 2.24) is 4.90 Å². The first kappa shape index (κ1) is 6.83. The molecule has 1 saturated carbocycles. The zero-order valence-corrected chi connectivity index (χ0v) is 6.49. The van der Waals surface area contributed by atoms with Crippen LogP contribution in [0.1, 0.15) is 25.7 Å². The van der Waals surface area contributed by atoms with Gasteiger partial charge in [0.25, 0.3) is 0 Å². The third kappa shape index (κ3) is 1.15. The molecule has 1 amide bonds. The topological polar surface area (TPSA) is 32.7 Å². The Morgan fingerprint density at radius 3 is 2.73 bits per heavy atom. The number of nitrogens with zero attached hydrogens (tertiary/aromatic N) is 2. The van der Waals surface area contributed by atoms with Gasteiger partial charge >= 0.3 is 0 Å². The summed E-state index contributed by atoms with van der Waals surface area (Å²) in [5.74, 6) is 0.178. The Bertz CT molecular complexity index is 194. The molecule has 0 saturated heterocycles. The lowest BCUT2D eigenvalue weighted by Gasteiger charge is -2.19. The molecule has 11 heavy (non-hydrogen) atoms. The largest absolute Gasteiger partial charge is 0.299 e. The summed E-state index contributed by atoms with van der Waals surface area (Å²) < 4.78 is 0. The fourth-order valence-electron chi connectivity index (χ4n) is 1.83. The number of carbonyl (C=O) groups is 1. The second-order valence-corrected chi connectivity index (χ2v) is 3.20. The number of hydrogen-bond donors (Lipinski definition) is 0. The molecule has 0 N–H and O–H groups in total. The molecule has 1 fully saturated rings. The smallest absolute Gasteiger partial charge is 0.249 e. The van der Waals surface area contributed by atoms with Crippen LogP contribution in [0.4, 0.5) is 0 Å². The van der Waals surface area contributed by atoms with Gasteiger partial charge in [0.1, 0.15) is 6.54 Å². The number of amides is 1. The highest BCUT2D eigenvalue weighted by Crippen LogP contribution is 2.23. The molecule has 60 valence electrons. The number of rotatable bonds is 1. The van der Waals surface area contributed by atoms with Gasteiger partial charge in [0.15, 0.2) is 0 Å². The predicted molar refractivity (Wildman–Crippen MR) is 42.5 cm³/mol. The van der Waals surface area contributed by atoms with Crippen LogP contribution in [0.25, 0.3) is 0 Å². The predicted octanol–water partition coefficient (Wildman–Crippen LogP) is 0.799. The highest BCUT2D eigenvalue weighted by molar-refractivity contribution is 5.94. The van der Waals surface area contributed by atoms with Crippen LogP contribution in [0, 0.1) is 0 Å². The Balaban J connectivity index is 2.02. The molecule has 0 aromatic rings. The maximum atomic E-state index is 11.2. The molecule has 0 bridgehead atoms. The Labute approximate surface area is 66.1 Å². The van der Waals surface area contributed by atoms with E-state index in [-0.39, 0.29) is 5.91 Å². The molecule has 0 unspecified atom stereocenters. The zero-order chi connectivity index (χ0) is 7.68. The van der Waals surface area contributed by atoms with Crippen molar-refractivity contribution < 1.29 is 4.79 Å². The van der Waals surface area contributed by atoms with Gasteiger partial charge in [-0.2, -0.15) is 0 Å². The van der Waals surface area contributed by atoms with Crippen molar-refractivity contribution in [2.45, 2.75) is 31.7 Å². The minimum absolute atomic E-state index is 0.178. The van der Waals surface area contributed by atoms with E-state index in [0.29, 0.717) is 12.6 Å². The Morgan fingerprint density at radius 2 is 2.18 bits per heavy atom. The highest BCUT2D eigenvalue weighted by atomic mass is 16.2. The third-order valence-electron chi connectivity index (χ3n) is 2.44. The Hall–Kier alpha value is -0.860. The van der Waals surface area contributed by atoms with Gasteiger partial charge in [-0.3, -0.25) is 14.7 Å². The average Bonchev–Trinajstić information content (AvgIpc) is 2.55. The fraction of sp³-hybridized carbons (Fsp3) is 0.750.